The summed E-state index contributed by atoms with van der Waals surface area (Å²) < 4.78 is 35.4. The molecule has 0 heterocycles. The highest BCUT2D eigenvalue weighted by molar-refractivity contribution is 4.64. The summed E-state index contributed by atoms with van der Waals surface area (Å²) in [5.41, 5.74) is 5.56. The van der Waals surface area contributed by atoms with Crippen LogP contribution in [0.3, 0.4) is 0 Å². The fourth-order valence-corrected chi connectivity index (χ4v) is 1.33. The average molecular weight is 211 g/mol. The smallest absolute Gasteiger partial charge is 0.328 e. The Hall–Kier alpha value is -0.250. The molecule has 0 aliphatic rings. The zero-order chi connectivity index (χ0) is 11.0. The van der Waals surface area contributed by atoms with Crippen molar-refractivity contribution in [3.05, 3.63) is 0 Å². The molecule has 0 aliphatic heterocycles. The largest absolute Gasteiger partial charge is 0.389 e. The first kappa shape index (κ1) is 13.8. The molecule has 0 aromatic carbocycles. The van der Waals surface area contributed by atoms with Crippen LogP contribution < -0.4 is 5.73 Å². The molecule has 0 fully saturated rings. The van der Waals surface area contributed by atoms with Gasteiger partial charge in [0.2, 0.25) is 0 Å². The molecule has 0 aliphatic carbocycles. The highest BCUT2D eigenvalue weighted by Crippen LogP contribution is 2.22. The number of halogens is 3. The first-order valence-corrected chi connectivity index (χ1v) is 5.28. The molecular weight excluding hydrogens is 191 g/mol. The van der Waals surface area contributed by atoms with E-state index in [-0.39, 0.29) is 12.5 Å². The summed E-state index contributed by atoms with van der Waals surface area (Å²) in [6.45, 7) is 2.10. The SMILES string of the molecule is CCCCCCC(N)CCC(F)(F)F. The van der Waals surface area contributed by atoms with E-state index in [0.717, 1.165) is 32.1 Å². The Bertz CT molecular complexity index is 134. The van der Waals surface area contributed by atoms with Gasteiger partial charge in [-0.15, -0.1) is 0 Å². The average Bonchev–Trinajstić information content (AvgIpc) is 2.08. The lowest BCUT2D eigenvalue weighted by atomic mass is 10.0. The maximum Gasteiger partial charge on any atom is 0.389 e. The molecule has 4 heteroatoms. The van der Waals surface area contributed by atoms with E-state index in [1.165, 1.54) is 0 Å². The molecule has 14 heavy (non-hydrogen) atoms. The Labute approximate surface area is 83.9 Å². The quantitative estimate of drug-likeness (QED) is 0.639. The predicted octanol–water partition coefficient (Wildman–Crippen LogP) is 3.63. The third-order valence-electron chi connectivity index (χ3n) is 2.23. The molecule has 1 nitrogen and oxygen atoms in total. The van der Waals surface area contributed by atoms with Crippen molar-refractivity contribution in [1.29, 1.82) is 0 Å². The zero-order valence-electron chi connectivity index (χ0n) is 8.74. The maximum atomic E-state index is 11.8. The van der Waals surface area contributed by atoms with Gasteiger partial charge >= 0.3 is 6.18 Å². The second kappa shape index (κ2) is 7.10. The molecular formula is C10H20F3N. The Balaban J connectivity index is 3.32. The van der Waals surface area contributed by atoms with E-state index >= 15 is 0 Å². The van der Waals surface area contributed by atoms with Crippen LogP contribution in [0.1, 0.15) is 51.9 Å². The third-order valence-corrected chi connectivity index (χ3v) is 2.23. The summed E-state index contributed by atoms with van der Waals surface area (Å²) >= 11 is 0. The number of rotatable bonds is 7. The lowest BCUT2D eigenvalue weighted by Crippen LogP contribution is -2.22. The number of hydrogen-bond acceptors (Lipinski definition) is 1. The van der Waals surface area contributed by atoms with E-state index in [1.54, 1.807) is 0 Å². The summed E-state index contributed by atoms with van der Waals surface area (Å²) in [6.07, 6.45) is 0.293. The normalized spacial score (nSPS) is 14.4. The first-order valence-electron chi connectivity index (χ1n) is 5.28. The topological polar surface area (TPSA) is 26.0 Å². The molecule has 0 rings (SSSR count). The number of hydrogen-bond donors (Lipinski definition) is 1. The van der Waals surface area contributed by atoms with Crippen molar-refractivity contribution >= 4 is 0 Å². The van der Waals surface area contributed by atoms with Gasteiger partial charge in [-0.25, -0.2) is 0 Å². The Kier molecular flexibility index (Phi) is 6.97. The predicted molar refractivity (Wildman–Crippen MR) is 52.0 cm³/mol. The van der Waals surface area contributed by atoms with Crippen LogP contribution in [0.5, 0.6) is 0 Å². The fourth-order valence-electron chi connectivity index (χ4n) is 1.33. The highest BCUT2D eigenvalue weighted by Gasteiger charge is 2.27. The lowest BCUT2D eigenvalue weighted by Gasteiger charge is -2.12. The lowest BCUT2D eigenvalue weighted by molar-refractivity contribution is -0.136. The monoisotopic (exact) mass is 211 g/mol. The van der Waals surface area contributed by atoms with Gasteiger partial charge in [0.1, 0.15) is 0 Å². The number of unbranched alkanes of at least 4 members (excludes halogenated alkanes) is 3. The molecule has 0 spiro atoms. The van der Waals surface area contributed by atoms with E-state index in [4.69, 9.17) is 5.73 Å². The van der Waals surface area contributed by atoms with E-state index in [0.29, 0.717) is 0 Å². The molecule has 0 aromatic heterocycles. The summed E-state index contributed by atoms with van der Waals surface area (Å²) in [5.74, 6) is 0. The van der Waals surface area contributed by atoms with Crippen LogP contribution in [0.15, 0.2) is 0 Å². The molecule has 0 aromatic rings. The highest BCUT2D eigenvalue weighted by atomic mass is 19.4. The van der Waals surface area contributed by atoms with Gasteiger partial charge in [-0.05, 0) is 12.8 Å². The minimum absolute atomic E-state index is 0.0651. The van der Waals surface area contributed by atoms with Crippen LogP contribution in [0.25, 0.3) is 0 Å². The van der Waals surface area contributed by atoms with E-state index in [9.17, 15) is 13.2 Å². The van der Waals surface area contributed by atoms with Gasteiger partial charge in [-0.2, -0.15) is 13.2 Å². The standard InChI is InChI=1S/C10H20F3N/c1-2-3-4-5-6-9(14)7-8-10(11,12)13/h9H,2-8,14H2,1H3. The minimum Gasteiger partial charge on any atom is -0.328 e. The van der Waals surface area contributed by atoms with Crippen LogP contribution in [0, 0.1) is 0 Å². The van der Waals surface area contributed by atoms with Crippen LogP contribution in [0.2, 0.25) is 0 Å². The van der Waals surface area contributed by atoms with Crippen molar-refractivity contribution in [1.82, 2.24) is 0 Å². The van der Waals surface area contributed by atoms with Crippen molar-refractivity contribution in [2.75, 3.05) is 0 Å². The van der Waals surface area contributed by atoms with Gasteiger partial charge < -0.3 is 5.73 Å². The second-order valence-electron chi connectivity index (χ2n) is 3.76. The molecule has 1 atom stereocenters. The van der Waals surface area contributed by atoms with E-state index in [2.05, 4.69) is 6.92 Å². The molecule has 1 unspecified atom stereocenters. The summed E-state index contributed by atoms with van der Waals surface area (Å²) in [4.78, 5) is 0. The molecule has 0 saturated heterocycles. The van der Waals surface area contributed by atoms with Gasteiger partial charge in [0.05, 0.1) is 0 Å². The number of alkyl halides is 3. The van der Waals surface area contributed by atoms with Gasteiger partial charge in [-0.1, -0.05) is 32.6 Å². The van der Waals surface area contributed by atoms with Crippen LogP contribution in [-0.2, 0) is 0 Å². The molecule has 0 saturated carbocycles. The minimum atomic E-state index is -4.05. The molecule has 0 radical (unpaired) electrons. The second-order valence-corrected chi connectivity index (χ2v) is 3.76. The van der Waals surface area contributed by atoms with Crippen LogP contribution in [-0.4, -0.2) is 12.2 Å². The van der Waals surface area contributed by atoms with Gasteiger partial charge in [0, 0.05) is 12.5 Å². The van der Waals surface area contributed by atoms with Crippen molar-refractivity contribution in [3.8, 4) is 0 Å². The van der Waals surface area contributed by atoms with E-state index in [1.807, 2.05) is 0 Å². The Morgan fingerprint density at radius 2 is 1.71 bits per heavy atom. The summed E-state index contributed by atoms with van der Waals surface area (Å²) in [6, 6.07) is -0.284. The van der Waals surface area contributed by atoms with Gasteiger partial charge in [0.25, 0.3) is 0 Å². The molecule has 0 amide bonds. The molecule has 2 N–H and O–H groups in total. The summed E-state index contributed by atoms with van der Waals surface area (Å²) in [5, 5.41) is 0. The zero-order valence-corrected chi connectivity index (χ0v) is 8.74. The third kappa shape index (κ3) is 9.84. The van der Waals surface area contributed by atoms with Crippen molar-refractivity contribution in [3.63, 3.8) is 0 Å². The van der Waals surface area contributed by atoms with E-state index < -0.39 is 12.6 Å². The summed E-state index contributed by atoms with van der Waals surface area (Å²) in [7, 11) is 0. The van der Waals surface area contributed by atoms with Crippen molar-refractivity contribution in [2.45, 2.75) is 64.1 Å². The van der Waals surface area contributed by atoms with Gasteiger partial charge in [-0.3, -0.25) is 0 Å². The molecule has 86 valence electrons. The van der Waals surface area contributed by atoms with Gasteiger partial charge in [0.15, 0.2) is 0 Å². The maximum absolute atomic E-state index is 11.8. The Morgan fingerprint density at radius 3 is 2.21 bits per heavy atom. The van der Waals surface area contributed by atoms with Crippen molar-refractivity contribution < 1.29 is 13.2 Å². The number of nitrogens with two attached hydrogens (primary N) is 1. The van der Waals surface area contributed by atoms with Crippen molar-refractivity contribution in [2.24, 2.45) is 5.73 Å². The fraction of sp³-hybridized carbons (Fsp3) is 1.00. The van der Waals surface area contributed by atoms with Crippen LogP contribution >= 0.6 is 0 Å². The Morgan fingerprint density at radius 1 is 1.07 bits per heavy atom. The molecule has 0 bridgehead atoms. The van der Waals surface area contributed by atoms with Crippen LogP contribution in [0.4, 0.5) is 13.2 Å². The first-order chi connectivity index (χ1) is 6.45.